The molecular formula is C14H16Cl3N3O2. The number of carbonyl (C=O) groups excluding carboxylic acids is 1. The Morgan fingerprint density at radius 2 is 2.23 bits per heavy atom. The molecule has 2 aromatic rings. The second-order valence-electron chi connectivity index (χ2n) is 5.51. The van der Waals surface area contributed by atoms with Crippen molar-refractivity contribution in [3.63, 3.8) is 0 Å². The zero-order chi connectivity index (χ0) is 13.7. The highest BCUT2D eigenvalue weighted by molar-refractivity contribution is 6.35. The van der Waals surface area contributed by atoms with Crippen LogP contribution < -0.4 is 10.6 Å². The first-order chi connectivity index (χ1) is 9.70. The third-order valence-corrected chi connectivity index (χ3v) is 4.56. The van der Waals surface area contributed by atoms with E-state index < -0.39 is 0 Å². The van der Waals surface area contributed by atoms with Gasteiger partial charge in [-0.25, -0.2) is 4.98 Å². The first-order valence-electron chi connectivity index (χ1n) is 6.80. The number of carbonyl (C=O) groups is 1. The predicted octanol–water partition coefficient (Wildman–Crippen LogP) is 2.95. The Hall–Kier alpha value is -1.01. The summed E-state index contributed by atoms with van der Waals surface area (Å²) in [4.78, 5) is 16.4. The number of halogens is 3. The van der Waals surface area contributed by atoms with E-state index in [1.165, 1.54) is 18.9 Å². The van der Waals surface area contributed by atoms with Crippen molar-refractivity contribution >= 4 is 53.3 Å². The molecular weight excluding hydrogens is 349 g/mol. The molecule has 2 N–H and O–H groups in total. The molecule has 0 aliphatic carbocycles. The lowest BCUT2D eigenvalue weighted by Gasteiger charge is -2.21. The van der Waals surface area contributed by atoms with Crippen LogP contribution in [0.25, 0.3) is 11.0 Å². The average molecular weight is 365 g/mol. The van der Waals surface area contributed by atoms with E-state index in [1.807, 2.05) is 0 Å². The minimum absolute atomic E-state index is 0. The maximum absolute atomic E-state index is 12.3. The highest BCUT2D eigenvalue weighted by Gasteiger charge is 2.39. The van der Waals surface area contributed by atoms with Crippen LogP contribution in [0.15, 0.2) is 22.9 Å². The van der Waals surface area contributed by atoms with Gasteiger partial charge in [0.05, 0.1) is 11.2 Å². The summed E-state index contributed by atoms with van der Waals surface area (Å²) in [7, 11) is 0. The van der Waals surface area contributed by atoms with Gasteiger partial charge in [0.1, 0.15) is 12.0 Å². The monoisotopic (exact) mass is 363 g/mol. The molecule has 0 spiro atoms. The summed E-state index contributed by atoms with van der Waals surface area (Å²) in [5.74, 6) is -0.150. The van der Waals surface area contributed by atoms with Crippen molar-refractivity contribution < 1.29 is 9.21 Å². The normalized spacial score (nSPS) is 25.6. The van der Waals surface area contributed by atoms with Crippen LogP contribution in [-0.2, 0) is 0 Å². The van der Waals surface area contributed by atoms with Gasteiger partial charge in [0.15, 0.2) is 5.58 Å². The summed E-state index contributed by atoms with van der Waals surface area (Å²) in [5, 5.41) is 7.78. The van der Waals surface area contributed by atoms with E-state index in [0.29, 0.717) is 28.4 Å². The Morgan fingerprint density at radius 3 is 2.91 bits per heavy atom. The lowest BCUT2D eigenvalue weighted by atomic mass is 9.95. The number of aromatic nitrogens is 1. The van der Waals surface area contributed by atoms with E-state index in [9.17, 15) is 4.79 Å². The van der Waals surface area contributed by atoms with E-state index in [-0.39, 0.29) is 36.8 Å². The Labute approximate surface area is 145 Å². The highest BCUT2D eigenvalue weighted by Crippen LogP contribution is 2.29. The first kappa shape index (κ1) is 17.3. The van der Waals surface area contributed by atoms with Crippen LogP contribution in [0.1, 0.15) is 29.8 Å². The fourth-order valence-electron chi connectivity index (χ4n) is 3.25. The number of nitrogens with one attached hydrogen (secondary N) is 2. The van der Waals surface area contributed by atoms with Crippen LogP contribution in [0, 0.1) is 0 Å². The maximum Gasteiger partial charge on any atom is 0.270 e. The van der Waals surface area contributed by atoms with Crippen LogP contribution in [0.4, 0.5) is 0 Å². The summed E-state index contributed by atoms with van der Waals surface area (Å²) in [5.41, 5.74) is 0.969. The molecule has 1 amide bonds. The first-order valence-corrected chi connectivity index (χ1v) is 7.18. The Bertz CT molecular complexity index is 691. The van der Waals surface area contributed by atoms with Gasteiger partial charge in [-0.3, -0.25) is 4.79 Å². The van der Waals surface area contributed by atoms with Crippen LogP contribution in [0.5, 0.6) is 0 Å². The molecule has 8 heteroatoms. The topological polar surface area (TPSA) is 67.2 Å². The van der Waals surface area contributed by atoms with Crippen molar-refractivity contribution in [2.75, 3.05) is 0 Å². The van der Waals surface area contributed by atoms with Gasteiger partial charge < -0.3 is 15.1 Å². The lowest BCUT2D eigenvalue weighted by Crippen LogP contribution is -2.43. The number of fused-ring (bicyclic) bond motifs is 3. The van der Waals surface area contributed by atoms with Gasteiger partial charge >= 0.3 is 0 Å². The van der Waals surface area contributed by atoms with Gasteiger partial charge in [0.2, 0.25) is 0 Å². The molecule has 4 heterocycles. The summed E-state index contributed by atoms with van der Waals surface area (Å²) in [6.07, 6.45) is 6.34. The third-order valence-electron chi connectivity index (χ3n) is 4.26. The molecule has 2 saturated heterocycles. The average Bonchev–Trinajstić information content (AvgIpc) is 3.15. The van der Waals surface area contributed by atoms with Gasteiger partial charge in [-0.1, -0.05) is 11.6 Å². The maximum atomic E-state index is 12.3. The Balaban J connectivity index is 0.000000882. The SMILES string of the molecule is Cl.Cl.O=C(N[C@@H]1C[C@H]2CC[C@@H]1N2)c1cc2c(Cl)coc2cn1. The van der Waals surface area contributed by atoms with Gasteiger partial charge in [-0.05, 0) is 25.3 Å². The molecule has 0 radical (unpaired) electrons. The molecule has 5 nitrogen and oxygen atoms in total. The summed E-state index contributed by atoms with van der Waals surface area (Å²) in [6.45, 7) is 0. The molecule has 2 aliphatic rings. The van der Waals surface area contributed by atoms with Crippen molar-refractivity contribution in [2.45, 2.75) is 37.4 Å². The van der Waals surface area contributed by atoms with E-state index >= 15 is 0 Å². The number of furan rings is 1. The summed E-state index contributed by atoms with van der Waals surface area (Å²) >= 11 is 6.01. The fraction of sp³-hybridized carbons (Fsp3) is 0.429. The number of rotatable bonds is 2. The quantitative estimate of drug-likeness (QED) is 0.860. The third kappa shape index (κ3) is 2.91. The van der Waals surface area contributed by atoms with Gasteiger partial charge in [0, 0.05) is 23.5 Å². The molecule has 2 bridgehead atoms. The Morgan fingerprint density at radius 1 is 1.41 bits per heavy atom. The van der Waals surface area contributed by atoms with Crippen molar-refractivity contribution in [3.05, 3.63) is 29.2 Å². The molecule has 0 aromatic carbocycles. The minimum atomic E-state index is -0.150. The number of hydrogen-bond donors (Lipinski definition) is 2. The molecule has 3 atom stereocenters. The smallest absolute Gasteiger partial charge is 0.270 e. The predicted molar refractivity (Wildman–Crippen MR) is 89.3 cm³/mol. The number of amides is 1. The number of hydrogen-bond acceptors (Lipinski definition) is 4. The van der Waals surface area contributed by atoms with Crippen molar-refractivity contribution in [1.29, 1.82) is 0 Å². The highest BCUT2D eigenvalue weighted by atomic mass is 35.5. The minimum Gasteiger partial charge on any atom is -0.461 e. The largest absolute Gasteiger partial charge is 0.461 e. The molecule has 2 fully saturated rings. The second-order valence-corrected chi connectivity index (χ2v) is 5.92. The van der Waals surface area contributed by atoms with Crippen LogP contribution in [0.3, 0.4) is 0 Å². The summed E-state index contributed by atoms with van der Waals surface area (Å²) in [6, 6.07) is 2.85. The van der Waals surface area contributed by atoms with Gasteiger partial charge in [-0.15, -0.1) is 24.8 Å². The molecule has 2 aliphatic heterocycles. The van der Waals surface area contributed by atoms with Crippen LogP contribution in [-0.4, -0.2) is 29.0 Å². The van der Waals surface area contributed by atoms with Crippen LogP contribution >= 0.6 is 36.4 Å². The van der Waals surface area contributed by atoms with Crippen molar-refractivity contribution in [3.8, 4) is 0 Å². The van der Waals surface area contributed by atoms with Gasteiger partial charge in [-0.2, -0.15) is 0 Å². The molecule has 2 aromatic heterocycles. The van der Waals surface area contributed by atoms with E-state index in [2.05, 4.69) is 15.6 Å². The van der Waals surface area contributed by atoms with E-state index in [1.54, 1.807) is 6.07 Å². The molecule has 0 unspecified atom stereocenters. The van der Waals surface area contributed by atoms with E-state index in [0.717, 1.165) is 18.2 Å². The zero-order valence-corrected chi connectivity index (χ0v) is 13.9. The fourth-order valence-corrected chi connectivity index (χ4v) is 3.44. The lowest BCUT2D eigenvalue weighted by molar-refractivity contribution is 0.0926. The second kappa shape index (κ2) is 6.62. The molecule has 0 saturated carbocycles. The number of nitrogens with zero attached hydrogens (tertiary/aromatic N) is 1. The Kier molecular flexibility index (Phi) is 5.22. The number of pyridine rings is 1. The molecule has 4 rings (SSSR count). The standard InChI is InChI=1S/C14H14ClN3O2.2ClH/c15-9-6-20-13-5-16-12(4-8(9)13)14(19)18-11-3-7-1-2-10(11)17-7;;/h4-7,10-11,17H,1-3H2,(H,18,19);2*1H/t7-,10+,11-;;/m1../s1. The molecule has 22 heavy (non-hydrogen) atoms. The van der Waals surface area contributed by atoms with Gasteiger partial charge in [0.25, 0.3) is 5.91 Å². The zero-order valence-electron chi connectivity index (χ0n) is 11.5. The summed E-state index contributed by atoms with van der Waals surface area (Å²) < 4.78 is 5.22. The van der Waals surface area contributed by atoms with Crippen LogP contribution in [0.2, 0.25) is 5.02 Å². The molecule has 120 valence electrons. The van der Waals surface area contributed by atoms with Crippen molar-refractivity contribution in [2.24, 2.45) is 0 Å². The van der Waals surface area contributed by atoms with Crippen molar-refractivity contribution in [1.82, 2.24) is 15.6 Å². The van der Waals surface area contributed by atoms with E-state index in [4.69, 9.17) is 16.0 Å².